The second-order valence-electron chi connectivity index (χ2n) is 6.82. The summed E-state index contributed by atoms with van der Waals surface area (Å²) in [4.78, 5) is 0. The molecule has 4 aromatic carbocycles. The fraction of sp³-hybridized carbons (Fsp3) is 0. The molecule has 0 aliphatic carbocycles. The van der Waals surface area contributed by atoms with E-state index in [9.17, 15) is 20.4 Å². The first-order valence-corrected chi connectivity index (χ1v) is 11.2. The molecule has 4 aromatic rings. The van der Waals surface area contributed by atoms with Crippen LogP contribution < -0.4 is 20.7 Å². The first kappa shape index (κ1) is 18.7. The Balaban J connectivity index is 2.28. The van der Waals surface area contributed by atoms with Gasteiger partial charge in [-0.2, -0.15) is 0 Å². The van der Waals surface area contributed by atoms with Crippen LogP contribution in [0.1, 0.15) is 0 Å². The fourth-order valence-electron chi connectivity index (χ4n) is 4.03. The lowest BCUT2D eigenvalue weighted by atomic mass is 10.3. The highest BCUT2D eigenvalue weighted by molar-refractivity contribution is 7.21. The molecule has 0 spiro atoms. The molecule has 4 rings (SSSR count). The molecule has 0 saturated heterocycles. The van der Waals surface area contributed by atoms with Gasteiger partial charge in [-0.3, -0.25) is 0 Å². The number of hydrogen-bond acceptors (Lipinski definition) is 4. The number of para-hydroxylation sites is 4. The zero-order valence-electron chi connectivity index (χ0n) is 15.5. The van der Waals surface area contributed by atoms with Crippen molar-refractivity contribution in [3.8, 4) is 23.0 Å². The fourth-order valence-corrected chi connectivity index (χ4v) is 9.03. The first-order valence-electron chi connectivity index (χ1n) is 9.20. The van der Waals surface area contributed by atoms with Gasteiger partial charge in [0.25, 0.3) is 0 Å². The number of phenols is 4. The van der Waals surface area contributed by atoms with Gasteiger partial charge in [0.15, 0.2) is 8.07 Å². The summed E-state index contributed by atoms with van der Waals surface area (Å²) in [5.41, 5.74) is 0. The Morgan fingerprint density at radius 3 is 0.759 bits per heavy atom. The summed E-state index contributed by atoms with van der Waals surface area (Å²) in [6.45, 7) is 0. The smallest absolute Gasteiger partial charge is 0.196 e. The van der Waals surface area contributed by atoms with Crippen LogP contribution in [0.4, 0.5) is 0 Å². The van der Waals surface area contributed by atoms with E-state index in [1.807, 2.05) is 0 Å². The van der Waals surface area contributed by atoms with Crippen LogP contribution in [0.3, 0.4) is 0 Å². The summed E-state index contributed by atoms with van der Waals surface area (Å²) in [5.74, 6) is 0.144. The molecule has 0 radical (unpaired) electrons. The number of benzene rings is 4. The van der Waals surface area contributed by atoms with E-state index in [0.29, 0.717) is 20.7 Å². The summed E-state index contributed by atoms with van der Waals surface area (Å²) < 4.78 is 0. The van der Waals surface area contributed by atoms with Gasteiger partial charge in [0.2, 0.25) is 0 Å². The summed E-state index contributed by atoms with van der Waals surface area (Å²) in [6, 6.07) is 27.6. The van der Waals surface area contributed by atoms with Gasteiger partial charge in [-0.1, -0.05) is 72.8 Å². The van der Waals surface area contributed by atoms with Crippen molar-refractivity contribution in [1.82, 2.24) is 0 Å². The van der Waals surface area contributed by atoms with Crippen LogP contribution in [0.15, 0.2) is 97.1 Å². The van der Waals surface area contributed by atoms with E-state index in [-0.39, 0.29) is 23.0 Å². The zero-order valence-corrected chi connectivity index (χ0v) is 16.5. The van der Waals surface area contributed by atoms with E-state index in [1.54, 1.807) is 97.1 Å². The van der Waals surface area contributed by atoms with Gasteiger partial charge in [-0.05, 0) is 45.0 Å². The second kappa shape index (κ2) is 7.37. The Morgan fingerprint density at radius 1 is 0.345 bits per heavy atom. The molecule has 0 aliphatic rings. The SMILES string of the molecule is Oc1ccccc1[Si](c1ccccc1O)(c1ccccc1O)c1ccccc1O. The van der Waals surface area contributed by atoms with Crippen molar-refractivity contribution in [2.45, 2.75) is 0 Å². The predicted molar refractivity (Wildman–Crippen MR) is 117 cm³/mol. The highest BCUT2D eigenvalue weighted by atomic mass is 28.3. The molecule has 0 amide bonds. The van der Waals surface area contributed by atoms with Crippen LogP contribution in [0.25, 0.3) is 0 Å². The zero-order chi connectivity index (χ0) is 20.4. The number of phenolic OH excluding ortho intramolecular Hbond substituents is 4. The highest BCUT2D eigenvalue weighted by Crippen LogP contribution is 2.24. The molecule has 29 heavy (non-hydrogen) atoms. The average molecular weight is 401 g/mol. The molecule has 144 valence electrons. The molecule has 0 aromatic heterocycles. The Hall–Kier alpha value is -3.70. The second-order valence-corrected chi connectivity index (χ2v) is 10.5. The molecular formula is C24H20O4Si. The van der Waals surface area contributed by atoms with Crippen molar-refractivity contribution >= 4 is 28.8 Å². The molecular weight excluding hydrogens is 380 g/mol. The molecule has 5 heteroatoms. The topological polar surface area (TPSA) is 80.9 Å². The quantitative estimate of drug-likeness (QED) is 0.312. The van der Waals surface area contributed by atoms with Crippen molar-refractivity contribution < 1.29 is 20.4 Å². The minimum Gasteiger partial charge on any atom is -0.508 e. The Kier molecular flexibility index (Phi) is 4.74. The van der Waals surface area contributed by atoms with E-state index in [0.717, 1.165) is 0 Å². The Morgan fingerprint density at radius 2 is 0.552 bits per heavy atom. The van der Waals surface area contributed by atoms with Gasteiger partial charge in [0.05, 0.1) is 0 Å². The third-order valence-electron chi connectivity index (χ3n) is 5.23. The molecule has 4 nitrogen and oxygen atoms in total. The molecule has 0 atom stereocenters. The first-order chi connectivity index (χ1) is 14.1. The molecule has 4 N–H and O–H groups in total. The molecule has 0 fully saturated rings. The maximum atomic E-state index is 10.9. The van der Waals surface area contributed by atoms with Gasteiger partial charge in [-0.25, -0.2) is 0 Å². The van der Waals surface area contributed by atoms with Crippen LogP contribution in [0.2, 0.25) is 0 Å². The van der Waals surface area contributed by atoms with Crippen molar-refractivity contribution in [2.75, 3.05) is 0 Å². The van der Waals surface area contributed by atoms with Crippen LogP contribution in [-0.2, 0) is 0 Å². The van der Waals surface area contributed by atoms with Crippen LogP contribution in [0.5, 0.6) is 23.0 Å². The lowest BCUT2D eigenvalue weighted by Crippen LogP contribution is -2.74. The van der Waals surface area contributed by atoms with E-state index in [1.165, 1.54) is 0 Å². The molecule has 0 aliphatic heterocycles. The molecule has 0 unspecified atom stereocenters. The van der Waals surface area contributed by atoms with E-state index < -0.39 is 8.07 Å². The summed E-state index contributed by atoms with van der Waals surface area (Å²) in [5, 5.41) is 45.8. The Bertz CT molecular complexity index is 985. The molecule has 0 saturated carbocycles. The molecule has 0 bridgehead atoms. The van der Waals surface area contributed by atoms with E-state index in [4.69, 9.17) is 0 Å². The van der Waals surface area contributed by atoms with Crippen molar-refractivity contribution in [2.24, 2.45) is 0 Å². The minimum atomic E-state index is -3.48. The summed E-state index contributed by atoms with van der Waals surface area (Å²) in [6.07, 6.45) is 0. The van der Waals surface area contributed by atoms with E-state index in [2.05, 4.69) is 0 Å². The van der Waals surface area contributed by atoms with Gasteiger partial charge < -0.3 is 20.4 Å². The summed E-state index contributed by atoms with van der Waals surface area (Å²) >= 11 is 0. The van der Waals surface area contributed by atoms with Gasteiger partial charge >= 0.3 is 0 Å². The van der Waals surface area contributed by atoms with Crippen LogP contribution in [0, 0.1) is 0 Å². The van der Waals surface area contributed by atoms with Crippen molar-refractivity contribution in [3.05, 3.63) is 97.1 Å². The van der Waals surface area contributed by atoms with Crippen molar-refractivity contribution in [1.29, 1.82) is 0 Å². The monoisotopic (exact) mass is 400 g/mol. The maximum absolute atomic E-state index is 10.9. The van der Waals surface area contributed by atoms with E-state index >= 15 is 0 Å². The normalized spacial score (nSPS) is 11.3. The van der Waals surface area contributed by atoms with Crippen LogP contribution in [-0.4, -0.2) is 28.5 Å². The standard InChI is InChI=1S/C24H20O4Si/c25-17-9-1-5-13-21(17)29(22-14-6-2-10-18(22)26,23-15-7-3-11-19(23)27)24-16-8-4-12-20(24)28/h1-16,25-28H. The van der Waals surface area contributed by atoms with Crippen LogP contribution >= 0.6 is 0 Å². The summed E-state index contributed by atoms with van der Waals surface area (Å²) in [7, 11) is -3.48. The average Bonchev–Trinajstić information content (AvgIpc) is 2.73. The maximum Gasteiger partial charge on any atom is 0.196 e. The number of hydrogen-bond donors (Lipinski definition) is 4. The largest absolute Gasteiger partial charge is 0.508 e. The molecule has 0 heterocycles. The highest BCUT2D eigenvalue weighted by Gasteiger charge is 2.48. The lowest BCUT2D eigenvalue weighted by molar-refractivity contribution is 0.476. The minimum absolute atomic E-state index is 0.0360. The Labute approximate surface area is 169 Å². The lowest BCUT2D eigenvalue weighted by Gasteiger charge is -2.35. The third-order valence-corrected chi connectivity index (χ3v) is 10.2. The van der Waals surface area contributed by atoms with Gasteiger partial charge in [0, 0.05) is 0 Å². The number of rotatable bonds is 4. The van der Waals surface area contributed by atoms with Gasteiger partial charge in [0.1, 0.15) is 23.0 Å². The third kappa shape index (κ3) is 2.92. The predicted octanol–water partition coefficient (Wildman–Crippen LogP) is 1.89. The number of aromatic hydroxyl groups is 4. The van der Waals surface area contributed by atoms with Crippen molar-refractivity contribution in [3.63, 3.8) is 0 Å². The van der Waals surface area contributed by atoms with Gasteiger partial charge in [-0.15, -0.1) is 0 Å².